The number of hydrogen-bond donors (Lipinski definition) is 2. The molecule has 3 nitrogen and oxygen atoms in total. The van der Waals surface area contributed by atoms with Gasteiger partial charge in [-0.2, -0.15) is 0 Å². The Labute approximate surface area is 117 Å². The summed E-state index contributed by atoms with van der Waals surface area (Å²) in [6.07, 6.45) is 0. The first-order valence-corrected chi connectivity index (χ1v) is 6.42. The lowest BCUT2D eigenvalue weighted by Gasteiger charge is -2.11. The van der Waals surface area contributed by atoms with Crippen LogP contribution >= 0.6 is 0 Å². The number of benzene rings is 2. The SMILES string of the molecule is CC(=O)Nc1cc(NCc2ccccc2C)ccc1F. The summed E-state index contributed by atoms with van der Waals surface area (Å²) in [5.74, 6) is -0.735. The van der Waals surface area contributed by atoms with E-state index in [4.69, 9.17) is 0 Å². The molecular formula is C16H17FN2O. The highest BCUT2D eigenvalue weighted by Crippen LogP contribution is 2.20. The lowest BCUT2D eigenvalue weighted by molar-refractivity contribution is -0.114. The number of nitrogens with one attached hydrogen (secondary N) is 2. The van der Waals surface area contributed by atoms with Crippen LogP contribution in [-0.4, -0.2) is 5.91 Å². The molecule has 0 aromatic heterocycles. The molecule has 0 saturated carbocycles. The minimum atomic E-state index is -0.443. The van der Waals surface area contributed by atoms with Crippen molar-refractivity contribution < 1.29 is 9.18 Å². The van der Waals surface area contributed by atoms with Gasteiger partial charge < -0.3 is 10.6 Å². The van der Waals surface area contributed by atoms with E-state index in [1.54, 1.807) is 12.1 Å². The minimum Gasteiger partial charge on any atom is -0.381 e. The molecule has 0 aliphatic rings. The molecule has 0 radical (unpaired) electrons. The average molecular weight is 272 g/mol. The molecule has 2 N–H and O–H groups in total. The molecule has 104 valence electrons. The van der Waals surface area contributed by atoms with Crippen LogP contribution in [0.1, 0.15) is 18.1 Å². The predicted octanol–water partition coefficient (Wildman–Crippen LogP) is 3.70. The Morgan fingerprint density at radius 2 is 1.95 bits per heavy atom. The third kappa shape index (κ3) is 3.57. The van der Waals surface area contributed by atoms with Crippen LogP contribution < -0.4 is 10.6 Å². The molecule has 0 atom stereocenters. The van der Waals surface area contributed by atoms with Gasteiger partial charge in [0.15, 0.2) is 0 Å². The third-order valence-corrected chi connectivity index (χ3v) is 3.02. The van der Waals surface area contributed by atoms with Gasteiger partial charge >= 0.3 is 0 Å². The quantitative estimate of drug-likeness (QED) is 0.891. The number of amides is 1. The number of carbonyl (C=O) groups is 1. The lowest BCUT2D eigenvalue weighted by Crippen LogP contribution is -2.08. The Morgan fingerprint density at radius 1 is 1.20 bits per heavy atom. The van der Waals surface area contributed by atoms with Gasteiger partial charge in [-0.1, -0.05) is 24.3 Å². The molecule has 2 aromatic rings. The van der Waals surface area contributed by atoms with E-state index >= 15 is 0 Å². The summed E-state index contributed by atoms with van der Waals surface area (Å²) in [6, 6.07) is 12.6. The third-order valence-electron chi connectivity index (χ3n) is 3.02. The summed E-state index contributed by atoms with van der Waals surface area (Å²) in [4.78, 5) is 11.0. The first kappa shape index (κ1) is 14.1. The van der Waals surface area contributed by atoms with Crippen LogP contribution in [0.5, 0.6) is 0 Å². The summed E-state index contributed by atoms with van der Waals surface area (Å²) in [6.45, 7) is 4.05. The fourth-order valence-electron chi connectivity index (χ4n) is 1.93. The zero-order valence-electron chi connectivity index (χ0n) is 11.5. The smallest absolute Gasteiger partial charge is 0.221 e. The minimum absolute atomic E-state index is 0.187. The van der Waals surface area contributed by atoms with Gasteiger partial charge in [-0.3, -0.25) is 4.79 Å². The van der Waals surface area contributed by atoms with Crippen molar-refractivity contribution in [3.8, 4) is 0 Å². The Morgan fingerprint density at radius 3 is 2.65 bits per heavy atom. The van der Waals surface area contributed by atoms with Crippen molar-refractivity contribution in [3.63, 3.8) is 0 Å². The lowest BCUT2D eigenvalue weighted by atomic mass is 10.1. The van der Waals surface area contributed by atoms with Gasteiger partial charge in [0, 0.05) is 19.2 Å². The van der Waals surface area contributed by atoms with Crippen LogP contribution in [-0.2, 0) is 11.3 Å². The zero-order valence-corrected chi connectivity index (χ0v) is 11.5. The molecule has 0 spiro atoms. The Balaban J connectivity index is 2.10. The monoisotopic (exact) mass is 272 g/mol. The van der Waals surface area contributed by atoms with Crippen molar-refractivity contribution >= 4 is 17.3 Å². The molecule has 1 amide bonds. The van der Waals surface area contributed by atoms with E-state index < -0.39 is 5.82 Å². The molecule has 2 aromatic carbocycles. The second-order valence-electron chi connectivity index (χ2n) is 4.66. The largest absolute Gasteiger partial charge is 0.381 e. The Kier molecular flexibility index (Phi) is 4.35. The first-order chi connectivity index (χ1) is 9.56. The molecule has 0 aliphatic heterocycles. The number of halogens is 1. The fraction of sp³-hybridized carbons (Fsp3) is 0.188. The van der Waals surface area contributed by atoms with Gasteiger partial charge in [-0.05, 0) is 36.2 Å². The molecular weight excluding hydrogens is 255 g/mol. The second kappa shape index (κ2) is 6.19. The fourth-order valence-corrected chi connectivity index (χ4v) is 1.93. The molecule has 4 heteroatoms. The second-order valence-corrected chi connectivity index (χ2v) is 4.66. The number of rotatable bonds is 4. The van der Waals surface area contributed by atoms with Gasteiger partial charge in [0.05, 0.1) is 5.69 Å². The topological polar surface area (TPSA) is 41.1 Å². The number of carbonyl (C=O) groups excluding carboxylic acids is 1. The molecule has 0 saturated heterocycles. The van der Waals surface area contributed by atoms with Gasteiger partial charge in [-0.15, -0.1) is 0 Å². The first-order valence-electron chi connectivity index (χ1n) is 6.42. The van der Waals surface area contributed by atoms with Crippen LogP contribution in [0, 0.1) is 12.7 Å². The Bertz CT molecular complexity index is 626. The summed E-state index contributed by atoms with van der Waals surface area (Å²) in [7, 11) is 0. The highest BCUT2D eigenvalue weighted by Gasteiger charge is 2.05. The van der Waals surface area contributed by atoms with Crippen molar-refractivity contribution in [1.29, 1.82) is 0 Å². The normalized spacial score (nSPS) is 10.2. The van der Waals surface area contributed by atoms with E-state index in [-0.39, 0.29) is 11.6 Å². The van der Waals surface area contributed by atoms with E-state index in [2.05, 4.69) is 10.6 Å². The van der Waals surface area contributed by atoms with Crippen LogP contribution in [0.15, 0.2) is 42.5 Å². The maximum Gasteiger partial charge on any atom is 0.221 e. The van der Waals surface area contributed by atoms with E-state index in [1.807, 2.05) is 31.2 Å². The maximum atomic E-state index is 13.5. The highest BCUT2D eigenvalue weighted by atomic mass is 19.1. The van der Waals surface area contributed by atoms with E-state index in [9.17, 15) is 9.18 Å². The van der Waals surface area contributed by atoms with Crippen molar-refractivity contribution in [2.75, 3.05) is 10.6 Å². The molecule has 0 fully saturated rings. The molecule has 20 heavy (non-hydrogen) atoms. The molecule has 0 bridgehead atoms. The summed E-state index contributed by atoms with van der Waals surface area (Å²) in [5.41, 5.74) is 3.33. The highest BCUT2D eigenvalue weighted by molar-refractivity contribution is 5.89. The van der Waals surface area contributed by atoms with E-state index in [1.165, 1.54) is 24.1 Å². The number of anilines is 2. The van der Waals surface area contributed by atoms with Gasteiger partial charge in [0.1, 0.15) is 5.82 Å². The average Bonchev–Trinajstić information content (AvgIpc) is 2.40. The molecule has 2 rings (SSSR count). The van der Waals surface area contributed by atoms with E-state index in [0.29, 0.717) is 6.54 Å². The molecule has 0 aliphatic carbocycles. The standard InChI is InChI=1S/C16H17FN2O/c1-11-5-3-4-6-13(11)10-18-14-7-8-15(17)16(9-14)19-12(2)20/h3-9,18H,10H2,1-2H3,(H,19,20). The van der Waals surface area contributed by atoms with E-state index in [0.717, 1.165) is 5.69 Å². The molecule has 0 heterocycles. The van der Waals surface area contributed by atoms with Crippen LogP contribution in [0.4, 0.5) is 15.8 Å². The van der Waals surface area contributed by atoms with Crippen LogP contribution in [0.2, 0.25) is 0 Å². The van der Waals surface area contributed by atoms with Gasteiger partial charge in [-0.25, -0.2) is 4.39 Å². The maximum absolute atomic E-state index is 13.5. The summed E-state index contributed by atoms with van der Waals surface area (Å²) in [5, 5.41) is 5.69. The van der Waals surface area contributed by atoms with Crippen molar-refractivity contribution in [3.05, 3.63) is 59.4 Å². The zero-order chi connectivity index (χ0) is 14.5. The number of aryl methyl sites for hydroxylation is 1. The summed E-state index contributed by atoms with van der Waals surface area (Å²) < 4.78 is 13.5. The van der Waals surface area contributed by atoms with Crippen molar-refractivity contribution in [2.45, 2.75) is 20.4 Å². The summed E-state index contributed by atoms with van der Waals surface area (Å²) >= 11 is 0. The van der Waals surface area contributed by atoms with Gasteiger partial charge in [0.25, 0.3) is 0 Å². The Hall–Kier alpha value is -2.36. The van der Waals surface area contributed by atoms with Crippen LogP contribution in [0.3, 0.4) is 0 Å². The number of hydrogen-bond acceptors (Lipinski definition) is 2. The van der Waals surface area contributed by atoms with Crippen LogP contribution in [0.25, 0.3) is 0 Å². The molecule has 0 unspecified atom stereocenters. The van der Waals surface area contributed by atoms with Gasteiger partial charge in [0.2, 0.25) is 5.91 Å². The van der Waals surface area contributed by atoms with Crippen molar-refractivity contribution in [1.82, 2.24) is 0 Å². The van der Waals surface area contributed by atoms with Crippen molar-refractivity contribution in [2.24, 2.45) is 0 Å². The predicted molar refractivity (Wildman–Crippen MR) is 79.2 cm³/mol.